The molecule has 0 bridgehead atoms. The van der Waals surface area contributed by atoms with Gasteiger partial charge in [-0.2, -0.15) is 4.98 Å². The maximum atomic E-state index is 5.98. The van der Waals surface area contributed by atoms with Crippen molar-refractivity contribution in [3.05, 3.63) is 83.0 Å². The molecule has 2 aromatic heterocycles. The Labute approximate surface area is 207 Å². The Morgan fingerprint density at radius 3 is 2.63 bits per heavy atom. The summed E-state index contributed by atoms with van der Waals surface area (Å²) in [7, 11) is 5.00. The van der Waals surface area contributed by atoms with Crippen molar-refractivity contribution in [3.8, 4) is 11.4 Å². The lowest BCUT2D eigenvalue weighted by molar-refractivity contribution is 0.213. The number of oxime groups is 1. The number of halogens is 1. The minimum absolute atomic E-state index is 0.0404. The number of hydrogen-bond donors (Lipinski definition) is 2. The first-order valence-corrected chi connectivity index (χ1v) is 11.4. The summed E-state index contributed by atoms with van der Waals surface area (Å²) in [6.07, 6.45) is 4.03. The zero-order valence-corrected chi connectivity index (χ0v) is 20.2. The van der Waals surface area contributed by atoms with Crippen molar-refractivity contribution >= 4 is 34.8 Å². The molecule has 0 saturated heterocycles. The number of aromatic nitrogens is 4. The van der Waals surface area contributed by atoms with Gasteiger partial charge in [-0.1, -0.05) is 47.1 Å². The van der Waals surface area contributed by atoms with Gasteiger partial charge < -0.3 is 24.8 Å². The summed E-state index contributed by atoms with van der Waals surface area (Å²) in [6.45, 7) is 0. The number of anilines is 3. The van der Waals surface area contributed by atoms with Crippen molar-refractivity contribution in [2.75, 3.05) is 31.9 Å². The first kappa shape index (κ1) is 22.7. The fourth-order valence-corrected chi connectivity index (χ4v) is 4.47. The number of hydrogen-bond acceptors (Lipinski definition) is 8. The van der Waals surface area contributed by atoms with Gasteiger partial charge in [-0.05, 0) is 17.7 Å². The molecule has 0 amide bonds. The van der Waals surface area contributed by atoms with Crippen LogP contribution in [0.15, 0.2) is 66.2 Å². The average molecular weight is 490 g/mol. The van der Waals surface area contributed by atoms with E-state index in [4.69, 9.17) is 31.1 Å². The van der Waals surface area contributed by atoms with Gasteiger partial charge in [0.15, 0.2) is 0 Å². The first-order valence-electron chi connectivity index (χ1n) is 11.0. The number of benzene rings is 2. The van der Waals surface area contributed by atoms with E-state index < -0.39 is 0 Å². The monoisotopic (exact) mass is 489 g/mol. The maximum absolute atomic E-state index is 5.98. The number of fused-ring (bicyclic) bond motifs is 1. The molecule has 0 fully saturated rings. The largest absolute Gasteiger partial charge is 0.494 e. The summed E-state index contributed by atoms with van der Waals surface area (Å²) in [6, 6.07) is 16.0. The summed E-state index contributed by atoms with van der Waals surface area (Å²) in [5.41, 5.74) is 5.33. The first-order chi connectivity index (χ1) is 17.1. The zero-order chi connectivity index (χ0) is 24.4. The van der Waals surface area contributed by atoms with E-state index in [2.05, 4.69) is 32.9 Å². The Morgan fingerprint density at radius 2 is 1.94 bits per heavy atom. The third-order valence-corrected chi connectivity index (χ3v) is 6.05. The van der Waals surface area contributed by atoms with Gasteiger partial charge >= 0.3 is 0 Å². The molecule has 35 heavy (non-hydrogen) atoms. The Morgan fingerprint density at radius 1 is 1.11 bits per heavy atom. The number of nitrogens with zero attached hydrogens (tertiary/aromatic N) is 5. The molecule has 10 heteroatoms. The van der Waals surface area contributed by atoms with Crippen LogP contribution in [-0.4, -0.2) is 46.5 Å². The van der Waals surface area contributed by atoms with E-state index in [1.54, 1.807) is 31.3 Å². The van der Waals surface area contributed by atoms with E-state index in [-0.39, 0.29) is 5.92 Å². The highest BCUT2D eigenvalue weighted by atomic mass is 35.5. The Kier molecular flexibility index (Phi) is 6.24. The molecular formula is C25H24ClN7O2. The summed E-state index contributed by atoms with van der Waals surface area (Å²) in [5.74, 6) is 1.84. The third kappa shape index (κ3) is 4.38. The maximum Gasteiger partial charge on any atom is 0.229 e. The molecular weight excluding hydrogens is 466 g/mol. The smallest absolute Gasteiger partial charge is 0.229 e. The third-order valence-electron chi connectivity index (χ3n) is 5.86. The van der Waals surface area contributed by atoms with Crippen molar-refractivity contribution in [3.63, 3.8) is 0 Å². The number of nitrogens with one attached hydrogen (secondary N) is 2. The topological polar surface area (TPSA) is 98.5 Å². The van der Waals surface area contributed by atoms with Gasteiger partial charge in [-0.3, -0.25) is 0 Å². The van der Waals surface area contributed by atoms with Crippen LogP contribution in [0.25, 0.3) is 5.69 Å². The second-order valence-electron chi connectivity index (χ2n) is 7.91. The molecule has 0 radical (unpaired) electrons. The molecule has 5 rings (SSSR count). The van der Waals surface area contributed by atoms with Crippen LogP contribution in [0.2, 0.25) is 5.15 Å². The normalized spacial score (nSPS) is 15.7. The van der Waals surface area contributed by atoms with Crippen LogP contribution in [0.4, 0.5) is 17.5 Å². The van der Waals surface area contributed by atoms with Crippen LogP contribution in [0.1, 0.15) is 29.2 Å². The van der Waals surface area contributed by atoms with Crippen LogP contribution >= 0.6 is 11.6 Å². The Bertz CT molecular complexity index is 1390. The molecule has 1 atom stereocenters. The molecule has 2 N–H and O–H groups in total. The predicted molar refractivity (Wildman–Crippen MR) is 136 cm³/mol. The van der Waals surface area contributed by atoms with Gasteiger partial charge in [0.05, 0.1) is 29.8 Å². The van der Waals surface area contributed by atoms with Gasteiger partial charge in [0.1, 0.15) is 30.2 Å². The van der Waals surface area contributed by atoms with Crippen molar-refractivity contribution in [1.82, 2.24) is 19.5 Å². The SMILES string of the molecule is CNc1nc(Nc2ccc(-n3cnc(Cl)c3)c(OC)c2)nc2c1/C(=N/OC)CC2c1ccccc1. The fourth-order valence-electron chi connectivity index (χ4n) is 4.33. The second kappa shape index (κ2) is 9.63. The number of ether oxygens (including phenoxy) is 1. The highest BCUT2D eigenvalue weighted by Gasteiger charge is 2.34. The lowest BCUT2D eigenvalue weighted by Gasteiger charge is -2.15. The van der Waals surface area contributed by atoms with E-state index >= 15 is 0 Å². The van der Waals surface area contributed by atoms with Gasteiger partial charge in [-0.25, -0.2) is 9.97 Å². The lowest BCUT2D eigenvalue weighted by atomic mass is 9.97. The van der Waals surface area contributed by atoms with Crippen LogP contribution in [0.3, 0.4) is 0 Å². The van der Waals surface area contributed by atoms with Gasteiger partial charge in [0.2, 0.25) is 5.95 Å². The van der Waals surface area contributed by atoms with Crippen molar-refractivity contribution in [2.45, 2.75) is 12.3 Å². The van der Waals surface area contributed by atoms with Crippen LogP contribution < -0.4 is 15.4 Å². The number of methoxy groups -OCH3 is 1. The Balaban J connectivity index is 1.54. The second-order valence-corrected chi connectivity index (χ2v) is 8.30. The number of rotatable bonds is 7. The summed E-state index contributed by atoms with van der Waals surface area (Å²) in [4.78, 5) is 18.8. The van der Waals surface area contributed by atoms with E-state index in [1.807, 2.05) is 43.4 Å². The van der Waals surface area contributed by atoms with Gasteiger partial charge in [0, 0.05) is 37.3 Å². The molecule has 2 aromatic carbocycles. The van der Waals surface area contributed by atoms with E-state index in [9.17, 15) is 0 Å². The Hall–Kier alpha value is -4.11. The molecule has 9 nitrogen and oxygen atoms in total. The highest BCUT2D eigenvalue weighted by molar-refractivity contribution is 6.29. The predicted octanol–water partition coefficient (Wildman–Crippen LogP) is 5.00. The van der Waals surface area contributed by atoms with Crippen LogP contribution in [-0.2, 0) is 4.84 Å². The van der Waals surface area contributed by atoms with E-state index in [0.717, 1.165) is 33.9 Å². The summed E-state index contributed by atoms with van der Waals surface area (Å²) >= 11 is 5.98. The average Bonchev–Trinajstić information content (AvgIpc) is 3.48. The molecule has 1 aliphatic rings. The molecule has 0 aliphatic heterocycles. The standard InChI is InChI=1S/C25H24ClN7O2/c1-27-24-22-18(32-35-3)12-17(15-7-5-4-6-8-15)23(22)30-25(31-24)29-16-9-10-19(20(11-16)34-2)33-13-21(26)28-14-33/h4-11,13-14,17H,12H2,1-3H3,(H2,27,29,30,31)/b32-18+. The minimum Gasteiger partial charge on any atom is -0.494 e. The number of imidazole rings is 1. The zero-order valence-electron chi connectivity index (χ0n) is 19.5. The van der Waals surface area contributed by atoms with Gasteiger partial charge in [0.25, 0.3) is 0 Å². The van der Waals surface area contributed by atoms with E-state index in [1.165, 1.54) is 0 Å². The lowest BCUT2D eigenvalue weighted by Crippen LogP contribution is -2.09. The molecule has 1 unspecified atom stereocenters. The molecule has 178 valence electrons. The molecule has 2 heterocycles. The van der Waals surface area contributed by atoms with Crippen LogP contribution in [0.5, 0.6) is 5.75 Å². The van der Waals surface area contributed by atoms with Crippen molar-refractivity contribution < 1.29 is 9.57 Å². The summed E-state index contributed by atoms with van der Waals surface area (Å²) < 4.78 is 7.41. The summed E-state index contributed by atoms with van der Waals surface area (Å²) in [5, 5.41) is 11.2. The van der Waals surface area contributed by atoms with Crippen molar-refractivity contribution in [2.24, 2.45) is 5.16 Å². The minimum atomic E-state index is 0.0404. The fraction of sp³-hybridized carbons (Fsp3) is 0.200. The quantitative estimate of drug-likeness (QED) is 0.352. The molecule has 4 aromatic rings. The molecule has 1 aliphatic carbocycles. The van der Waals surface area contributed by atoms with Crippen molar-refractivity contribution in [1.29, 1.82) is 0 Å². The van der Waals surface area contributed by atoms with Gasteiger partial charge in [-0.15, -0.1) is 0 Å². The van der Waals surface area contributed by atoms with Crippen LogP contribution in [0, 0.1) is 0 Å². The molecule has 0 saturated carbocycles. The molecule has 0 spiro atoms. The highest BCUT2D eigenvalue weighted by Crippen LogP contribution is 2.41. The van der Waals surface area contributed by atoms with E-state index in [0.29, 0.717) is 29.1 Å².